The highest BCUT2D eigenvalue weighted by atomic mass is 16.5. The Morgan fingerprint density at radius 3 is 2.11 bits per heavy atom. The molecule has 7 nitrogen and oxygen atoms in total. The van der Waals surface area contributed by atoms with Crippen LogP contribution in [0.25, 0.3) is 16.7 Å². The van der Waals surface area contributed by atoms with E-state index in [1.165, 1.54) is 0 Å². The summed E-state index contributed by atoms with van der Waals surface area (Å²) in [5.74, 6) is 2.21. The Labute approximate surface area is 215 Å². The summed E-state index contributed by atoms with van der Waals surface area (Å²) in [6.45, 7) is 0. The van der Waals surface area contributed by atoms with Gasteiger partial charge in [0, 0.05) is 41.7 Å². The molecule has 186 valence electrons. The zero-order valence-electron chi connectivity index (χ0n) is 20.8. The normalized spacial score (nSPS) is 10.8. The lowest BCUT2D eigenvalue weighted by atomic mass is 10.1. The summed E-state index contributed by atoms with van der Waals surface area (Å²) in [6, 6.07) is 31.2. The third-order valence-electron chi connectivity index (χ3n) is 6.10. The molecule has 2 amide bonds. The van der Waals surface area contributed by atoms with Gasteiger partial charge in [-0.25, -0.2) is 9.78 Å². The van der Waals surface area contributed by atoms with E-state index < -0.39 is 0 Å². The minimum absolute atomic E-state index is 0.348. The van der Waals surface area contributed by atoms with Crippen LogP contribution in [0.15, 0.2) is 97.1 Å². The van der Waals surface area contributed by atoms with Gasteiger partial charge in [0.2, 0.25) is 0 Å². The number of ether oxygens (including phenoxy) is 2. The van der Waals surface area contributed by atoms with Crippen LogP contribution in [0, 0.1) is 0 Å². The van der Waals surface area contributed by atoms with E-state index in [0.717, 1.165) is 41.0 Å². The minimum atomic E-state index is -0.348. The van der Waals surface area contributed by atoms with Crippen LogP contribution in [0.4, 0.5) is 16.2 Å². The summed E-state index contributed by atoms with van der Waals surface area (Å²) < 4.78 is 12.7. The summed E-state index contributed by atoms with van der Waals surface area (Å²) in [4.78, 5) is 17.4. The maximum Gasteiger partial charge on any atom is 0.323 e. The van der Waals surface area contributed by atoms with E-state index >= 15 is 0 Å². The number of amides is 2. The average molecular weight is 493 g/mol. The number of nitrogens with zero attached hydrogens (tertiary/aromatic N) is 2. The maximum atomic E-state index is 12.5. The highest BCUT2D eigenvalue weighted by Gasteiger charge is 2.12. The van der Waals surface area contributed by atoms with Crippen molar-refractivity contribution >= 4 is 28.4 Å². The van der Waals surface area contributed by atoms with Crippen molar-refractivity contribution in [2.75, 3.05) is 24.9 Å². The molecule has 0 fully saturated rings. The Hall–Kier alpha value is -4.78. The molecular formula is C30H28N4O3. The van der Waals surface area contributed by atoms with Crippen molar-refractivity contribution in [1.82, 2.24) is 9.55 Å². The van der Waals surface area contributed by atoms with E-state index in [2.05, 4.69) is 33.4 Å². The number of methoxy groups -OCH3 is 2. The van der Waals surface area contributed by atoms with Gasteiger partial charge in [0.1, 0.15) is 17.3 Å². The molecule has 1 aromatic heterocycles. The molecule has 7 heteroatoms. The second-order valence-corrected chi connectivity index (χ2v) is 8.57. The van der Waals surface area contributed by atoms with Crippen LogP contribution in [-0.2, 0) is 12.8 Å². The fraction of sp³-hybridized carbons (Fsp3) is 0.133. The van der Waals surface area contributed by atoms with Crippen LogP contribution < -0.4 is 20.1 Å². The van der Waals surface area contributed by atoms with Crippen LogP contribution in [0.3, 0.4) is 0 Å². The van der Waals surface area contributed by atoms with E-state index in [4.69, 9.17) is 14.5 Å². The van der Waals surface area contributed by atoms with Crippen molar-refractivity contribution in [3.63, 3.8) is 0 Å². The number of urea groups is 1. The Morgan fingerprint density at radius 1 is 0.757 bits per heavy atom. The lowest BCUT2D eigenvalue weighted by molar-refractivity contribution is 0.262. The monoisotopic (exact) mass is 492 g/mol. The number of hydrogen-bond acceptors (Lipinski definition) is 4. The first-order chi connectivity index (χ1) is 18.1. The summed E-state index contributed by atoms with van der Waals surface area (Å²) >= 11 is 0. The molecule has 0 unspecified atom stereocenters. The highest BCUT2D eigenvalue weighted by molar-refractivity contribution is 6.00. The molecule has 0 saturated carbocycles. The van der Waals surface area contributed by atoms with E-state index in [-0.39, 0.29) is 6.03 Å². The molecule has 4 aromatic carbocycles. The van der Waals surface area contributed by atoms with Crippen LogP contribution in [-0.4, -0.2) is 29.8 Å². The third kappa shape index (κ3) is 5.56. The first-order valence-corrected chi connectivity index (χ1v) is 12.0. The number of fused-ring (bicyclic) bond motifs is 1. The van der Waals surface area contributed by atoms with Crippen molar-refractivity contribution in [3.05, 3.63) is 108 Å². The number of benzene rings is 4. The SMILES string of the molecule is COc1cc(NC(=O)Nc2ccc(CCc3nc4ccccc4n3-c3ccccc3)cc2)cc(OC)c1. The molecule has 0 saturated heterocycles. The smallest absolute Gasteiger partial charge is 0.323 e. The van der Waals surface area contributed by atoms with Crippen molar-refractivity contribution in [2.24, 2.45) is 0 Å². The van der Waals surface area contributed by atoms with E-state index in [9.17, 15) is 4.79 Å². The minimum Gasteiger partial charge on any atom is -0.497 e. The molecule has 5 rings (SSSR count). The largest absolute Gasteiger partial charge is 0.497 e. The average Bonchev–Trinajstić information content (AvgIpc) is 3.31. The van der Waals surface area contributed by atoms with Crippen molar-refractivity contribution < 1.29 is 14.3 Å². The predicted molar refractivity (Wildman–Crippen MR) is 147 cm³/mol. The molecule has 0 spiro atoms. The number of rotatable bonds is 8. The van der Waals surface area contributed by atoms with Crippen molar-refractivity contribution in [1.29, 1.82) is 0 Å². The van der Waals surface area contributed by atoms with Gasteiger partial charge in [-0.15, -0.1) is 0 Å². The topological polar surface area (TPSA) is 77.4 Å². The number of carbonyl (C=O) groups excluding carboxylic acids is 1. The maximum absolute atomic E-state index is 12.5. The summed E-state index contributed by atoms with van der Waals surface area (Å²) in [5.41, 5.74) is 5.63. The van der Waals surface area contributed by atoms with Gasteiger partial charge in [-0.3, -0.25) is 4.57 Å². The number of anilines is 2. The Balaban J connectivity index is 1.25. The van der Waals surface area contributed by atoms with Gasteiger partial charge >= 0.3 is 6.03 Å². The van der Waals surface area contributed by atoms with E-state index in [1.807, 2.05) is 60.7 Å². The second kappa shape index (κ2) is 10.9. The Kier molecular flexibility index (Phi) is 7.03. The number of para-hydroxylation sites is 3. The first kappa shape index (κ1) is 23.9. The molecule has 0 radical (unpaired) electrons. The molecule has 2 N–H and O–H groups in total. The van der Waals surface area contributed by atoms with Gasteiger partial charge in [-0.1, -0.05) is 42.5 Å². The molecule has 5 aromatic rings. The predicted octanol–water partition coefficient (Wildman–Crippen LogP) is 6.47. The van der Waals surface area contributed by atoms with Crippen LogP contribution in [0.2, 0.25) is 0 Å². The summed E-state index contributed by atoms with van der Waals surface area (Å²) in [5, 5.41) is 5.68. The fourth-order valence-corrected chi connectivity index (χ4v) is 4.29. The molecule has 0 aliphatic carbocycles. The number of hydrogen-bond donors (Lipinski definition) is 2. The summed E-state index contributed by atoms with van der Waals surface area (Å²) in [7, 11) is 3.13. The van der Waals surface area contributed by atoms with Gasteiger partial charge in [0.05, 0.1) is 25.3 Å². The zero-order chi connectivity index (χ0) is 25.6. The molecule has 0 bridgehead atoms. The third-order valence-corrected chi connectivity index (χ3v) is 6.10. The number of carbonyl (C=O) groups is 1. The Morgan fingerprint density at radius 2 is 1.41 bits per heavy atom. The highest BCUT2D eigenvalue weighted by Crippen LogP contribution is 2.26. The number of nitrogens with one attached hydrogen (secondary N) is 2. The van der Waals surface area contributed by atoms with Gasteiger partial charge in [0.25, 0.3) is 0 Å². The van der Waals surface area contributed by atoms with Gasteiger partial charge in [-0.2, -0.15) is 0 Å². The fourth-order valence-electron chi connectivity index (χ4n) is 4.29. The molecular weight excluding hydrogens is 464 g/mol. The van der Waals surface area contributed by atoms with Gasteiger partial charge in [0.15, 0.2) is 0 Å². The zero-order valence-corrected chi connectivity index (χ0v) is 20.8. The first-order valence-electron chi connectivity index (χ1n) is 12.0. The molecule has 0 aliphatic heterocycles. The Bertz CT molecular complexity index is 1490. The molecule has 0 atom stereocenters. The van der Waals surface area contributed by atoms with E-state index in [0.29, 0.717) is 22.9 Å². The molecule has 1 heterocycles. The van der Waals surface area contributed by atoms with Crippen LogP contribution >= 0.6 is 0 Å². The molecule has 0 aliphatic rings. The van der Waals surface area contributed by atoms with E-state index in [1.54, 1.807) is 32.4 Å². The van der Waals surface area contributed by atoms with Gasteiger partial charge < -0.3 is 20.1 Å². The quantitative estimate of drug-likeness (QED) is 0.260. The van der Waals surface area contributed by atoms with Crippen LogP contribution in [0.5, 0.6) is 11.5 Å². The summed E-state index contributed by atoms with van der Waals surface area (Å²) in [6.07, 6.45) is 1.61. The van der Waals surface area contributed by atoms with Crippen molar-refractivity contribution in [2.45, 2.75) is 12.8 Å². The number of aryl methyl sites for hydroxylation is 2. The number of aromatic nitrogens is 2. The molecule has 37 heavy (non-hydrogen) atoms. The van der Waals surface area contributed by atoms with Crippen LogP contribution in [0.1, 0.15) is 11.4 Å². The lowest BCUT2D eigenvalue weighted by Gasteiger charge is -2.11. The lowest BCUT2D eigenvalue weighted by Crippen LogP contribution is -2.19. The number of imidazole rings is 1. The van der Waals surface area contributed by atoms with Gasteiger partial charge in [-0.05, 0) is 48.4 Å². The van der Waals surface area contributed by atoms with Crippen molar-refractivity contribution in [3.8, 4) is 17.2 Å². The standard InChI is InChI=1S/C30H28N4O3/c1-36-25-18-23(19-26(20-25)37-2)32-30(35)31-22-15-12-21(13-16-22)14-17-29-33-27-10-6-7-11-28(27)34(29)24-8-4-3-5-9-24/h3-13,15-16,18-20H,14,17H2,1-2H3,(H2,31,32,35). The second-order valence-electron chi connectivity index (χ2n) is 8.57.